The standard InChI is InChI=1S/C11H15N5O5/c1-5-3-16(11(20)14-9(5)19)10-8(18)6(2-13-15-12)7(4-17)21-10/h3,6-8,10,17-18H,2,4H2,1H3,(H,14,19,20)/t6-,7+,8-,10+/m0/s1. The van der Waals surface area contributed by atoms with Gasteiger partial charge in [-0.05, 0) is 12.5 Å². The monoisotopic (exact) mass is 297 g/mol. The molecule has 0 saturated carbocycles. The van der Waals surface area contributed by atoms with Crippen LogP contribution in [0.25, 0.3) is 10.4 Å². The van der Waals surface area contributed by atoms with Gasteiger partial charge in [0.1, 0.15) is 6.10 Å². The zero-order valence-corrected chi connectivity index (χ0v) is 11.2. The average Bonchev–Trinajstić information content (AvgIpc) is 2.77. The second-order valence-electron chi connectivity index (χ2n) is 4.79. The molecular weight excluding hydrogens is 282 g/mol. The van der Waals surface area contributed by atoms with Crippen molar-refractivity contribution >= 4 is 0 Å². The van der Waals surface area contributed by atoms with Crippen LogP contribution in [0.5, 0.6) is 0 Å². The first-order valence-corrected chi connectivity index (χ1v) is 6.27. The molecule has 1 fully saturated rings. The van der Waals surface area contributed by atoms with Crippen molar-refractivity contribution in [3.05, 3.63) is 43.0 Å². The van der Waals surface area contributed by atoms with Gasteiger partial charge in [-0.3, -0.25) is 14.3 Å². The summed E-state index contributed by atoms with van der Waals surface area (Å²) in [5, 5.41) is 22.9. The van der Waals surface area contributed by atoms with E-state index in [4.69, 9.17) is 10.3 Å². The van der Waals surface area contributed by atoms with E-state index < -0.39 is 42.2 Å². The van der Waals surface area contributed by atoms with Crippen LogP contribution in [-0.4, -0.2) is 45.1 Å². The summed E-state index contributed by atoms with van der Waals surface area (Å²) in [7, 11) is 0. The van der Waals surface area contributed by atoms with Crippen LogP contribution in [0.15, 0.2) is 20.9 Å². The lowest BCUT2D eigenvalue weighted by molar-refractivity contribution is -0.0536. The van der Waals surface area contributed by atoms with E-state index >= 15 is 0 Å². The largest absolute Gasteiger partial charge is 0.394 e. The minimum Gasteiger partial charge on any atom is -0.394 e. The third-order valence-electron chi connectivity index (χ3n) is 3.48. The third-order valence-corrected chi connectivity index (χ3v) is 3.48. The van der Waals surface area contributed by atoms with Crippen LogP contribution in [0.1, 0.15) is 11.8 Å². The number of H-pyrrole nitrogens is 1. The molecule has 1 aromatic rings. The van der Waals surface area contributed by atoms with Gasteiger partial charge in [0.05, 0.1) is 12.7 Å². The molecule has 4 atom stereocenters. The number of hydrogen-bond acceptors (Lipinski definition) is 6. The Morgan fingerprint density at radius 3 is 2.90 bits per heavy atom. The van der Waals surface area contributed by atoms with Crippen molar-refractivity contribution in [3.63, 3.8) is 0 Å². The predicted octanol–water partition coefficient (Wildman–Crippen LogP) is -0.978. The number of aliphatic hydroxyl groups is 2. The molecule has 1 saturated heterocycles. The van der Waals surface area contributed by atoms with Gasteiger partial charge in [0.15, 0.2) is 6.23 Å². The lowest BCUT2D eigenvalue weighted by atomic mass is 9.98. The molecule has 0 bridgehead atoms. The van der Waals surface area contributed by atoms with Gasteiger partial charge < -0.3 is 14.9 Å². The number of aromatic amines is 1. The Bertz CT molecular complexity index is 676. The van der Waals surface area contributed by atoms with Crippen molar-refractivity contribution in [3.8, 4) is 0 Å². The highest BCUT2D eigenvalue weighted by Gasteiger charge is 2.44. The highest BCUT2D eigenvalue weighted by atomic mass is 16.5. The average molecular weight is 297 g/mol. The van der Waals surface area contributed by atoms with Crippen LogP contribution >= 0.6 is 0 Å². The van der Waals surface area contributed by atoms with Gasteiger partial charge in [-0.15, -0.1) is 0 Å². The van der Waals surface area contributed by atoms with Gasteiger partial charge in [0.25, 0.3) is 5.56 Å². The second-order valence-corrected chi connectivity index (χ2v) is 4.79. The van der Waals surface area contributed by atoms with Crippen LogP contribution in [0.2, 0.25) is 0 Å². The van der Waals surface area contributed by atoms with Crippen molar-refractivity contribution < 1.29 is 14.9 Å². The zero-order valence-electron chi connectivity index (χ0n) is 11.2. The Morgan fingerprint density at radius 1 is 1.57 bits per heavy atom. The Labute approximate surface area is 118 Å². The fourth-order valence-electron chi connectivity index (χ4n) is 2.33. The summed E-state index contributed by atoms with van der Waals surface area (Å²) >= 11 is 0. The molecule has 2 rings (SSSR count). The Kier molecular flexibility index (Phi) is 4.43. The zero-order chi connectivity index (χ0) is 15.6. The molecule has 2 heterocycles. The lowest BCUT2D eigenvalue weighted by Gasteiger charge is -2.18. The fraction of sp³-hybridized carbons (Fsp3) is 0.636. The van der Waals surface area contributed by atoms with Crippen molar-refractivity contribution in [1.29, 1.82) is 0 Å². The summed E-state index contributed by atoms with van der Waals surface area (Å²) in [6.07, 6.45) is -1.71. The highest BCUT2D eigenvalue weighted by Crippen LogP contribution is 2.33. The van der Waals surface area contributed by atoms with Gasteiger partial charge in [0, 0.05) is 29.1 Å². The molecule has 1 aromatic heterocycles. The second kappa shape index (κ2) is 6.10. The molecule has 10 heteroatoms. The molecule has 114 valence electrons. The normalized spacial score (nSPS) is 28.3. The third kappa shape index (κ3) is 2.83. The van der Waals surface area contributed by atoms with Gasteiger partial charge in [0.2, 0.25) is 0 Å². The van der Waals surface area contributed by atoms with E-state index in [9.17, 15) is 19.8 Å². The van der Waals surface area contributed by atoms with E-state index in [2.05, 4.69) is 15.0 Å². The van der Waals surface area contributed by atoms with Crippen LogP contribution in [0, 0.1) is 12.8 Å². The van der Waals surface area contributed by atoms with Crippen LogP contribution in [0.4, 0.5) is 0 Å². The topological polar surface area (TPSA) is 153 Å². The van der Waals surface area contributed by atoms with E-state index in [1.54, 1.807) is 0 Å². The summed E-state index contributed by atoms with van der Waals surface area (Å²) in [5.41, 5.74) is 7.38. The number of hydrogen-bond donors (Lipinski definition) is 3. The molecule has 0 spiro atoms. The summed E-state index contributed by atoms with van der Waals surface area (Å²) < 4.78 is 6.51. The molecule has 1 aliphatic rings. The molecular formula is C11H15N5O5. The molecule has 21 heavy (non-hydrogen) atoms. The molecule has 10 nitrogen and oxygen atoms in total. The minimum atomic E-state index is -1.16. The molecule has 0 unspecified atom stereocenters. The number of azide groups is 1. The van der Waals surface area contributed by atoms with E-state index in [0.29, 0.717) is 0 Å². The first-order chi connectivity index (χ1) is 9.99. The van der Waals surface area contributed by atoms with Crippen LogP contribution < -0.4 is 11.2 Å². The van der Waals surface area contributed by atoms with E-state index in [0.717, 1.165) is 4.57 Å². The van der Waals surface area contributed by atoms with E-state index in [1.165, 1.54) is 13.1 Å². The van der Waals surface area contributed by atoms with Gasteiger partial charge in [-0.2, -0.15) is 0 Å². The minimum absolute atomic E-state index is 0.0729. The van der Waals surface area contributed by atoms with Crippen LogP contribution in [-0.2, 0) is 4.74 Å². The summed E-state index contributed by atoms with van der Waals surface area (Å²) in [6, 6.07) is 0. The first-order valence-electron chi connectivity index (χ1n) is 6.27. The predicted molar refractivity (Wildman–Crippen MR) is 70.6 cm³/mol. The maximum Gasteiger partial charge on any atom is 0.330 e. The van der Waals surface area contributed by atoms with Gasteiger partial charge >= 0.3 is 5.69 Å². The molecule has 0 amide bonds. The van der Waals surface area contributed by atoms with Crippen molar-refractivity contribution in [1.82, 2.24) is 9.55 Å². The Balaban J connectivity index is 2.37. The molecule has 1 aliphatic heterocycles. The highest BCUT2D eigenvalue weighted by molar-refractivity contribution is 5.03. The van der Waals surface area contributed by atoms with E-state index in [1.807, 2.05) is 0 Å². The number of aromatic nitrogens is 2. The number of ether oxygens (including phenoxy) is 1. The SMILES string of the molecule is Cc1cn([C@@H]2O[C@H](CO)[C@H](CN=[N+]=[N-])[C@@H]2O)c(=O)[nH]c1=O. The van der Waals surface area contributed by atoms with Gasteiger partial charge in [-0.1, -0.05) is 5.11 Å². The maximum absolute atomic E-state index is 11.8. The summed E-state index contributed by atoms with van der Waals surface area (Å²) in [4.78, 5) is 27.9. The van der Waals surface area contributed by atoms with Crippen molar-refractivity contribution in [2.75, 3.05) is 13.2 Å². The quantitative estimate of drug-likeness (QED) is 0.370. The number of rotatable bonds is 4. The maximum atomic E-state index is 11.8. The molecule has 3 N–H and O–H groups in total. The van der Waals surface area contributed by atoms with Crippen molar-refractivity contribution in [2.45, 2.75) is 25.4 Å². The molecule has 0 radical (unpaired) electrons. The Morgan fingerprint density at radius 2 is 2.29 bits per heavy atom. The summed E-state index contributed by atoms with van der Waals surface area (Å²) in [5.74, 6) is -0.643. The first kappa shape index (κ1) is 15.3. The molecule has 0 aromatic carbocycles. The lowest BCUT2D eigenvalue weighted by Crippen LogP contribution is -2.37. The smallest absolute Gasteiger partial charge is 0.330 e. The van der Waals surface area contributed by atoms with E-state index in [-0.39, 0.29) is 12.1 Å². The molecule has 0 aliphatic carbocycles. The number of aliphatic hydroxyl groups excluding tert-OH is 2. The van der Waals surface area contributed by atoms with Gasteiger partial charge in [-0.25, -0.2) is 4.79 Å². The number of nitrogens with zero attached hydrogens (tertiary/aromatic N) is 4. The number of aryl methyl sites for hydroxylation is 1. The fourth-order valence-corrected chi connectivity index (χ4v) is 2.33. The van der Waals surface area contributed by atoms with Crippen molar-refractivity contribution in [2.24, 2.45) is 11.0 Å². The number of nitrogens with one attached hydrogen (secondary N) is 1. The Hall–Kier alpha value is -2.13. The van der Waals surface area contributed by atoms with Crippen LogP contribution in [0.3, 0.4) is 0 Å². The summed E-state index contributed by atoms with van der Waals surface area (Å²) in [6.45, 7) is 1.05.